The van der Waals surface area contributed by atoms with Crippen LogP contribution in [0.5, 0.6) is 11.5 Å². The van der Waals surface area contributed by atoms with Crippen molar-refractivity contribution >= 4 is 0 Å². The van der Waals surface area contributed by atoms with Crippen molar-refractivity contribution in [1.29, 1.82) is 0 Å². The molecule has 0 N–H and O–H groups in total. The molecule has 2 atom stereocenters. The number of aryl methyl sites for hydroxylation is 1. The van der Waals surface area contributed by atoms with Gasteiger partial charge < -0.3 is 9.47 Å². The molecule has 0 aliphatic rings. The molecule has 0 amide bonds. The van der Waals surface area contributed by atoms with E-state index in [9.17, 15) is 0 Å². The molecule has 0 aliphatic carbocycles. The molecule has 2 heteroatoms. The summed E-state index contributed by atoms with van der Waals surface area (Å²) in [7, 11) is 0. The van der Waals surface area contributed by atoms with E-state index in [1.807, 2.05) is 0 Å². The number of rotatable bonds is 18. The summed E-state index contributed by atoms with van der Waals surface area (Å²) < 4.78 is 13.0. The van der Waals surface area contributed by atoms with Crippen LogP contribution in [0.1, 0.15) is 131 Å². The Morgan fingerprint density at radius 1 is 0.781 bits per heavy atom. The lowest BCUT2D eigenvalue weighted by Gasteiger charge is -2.29. The highest BCUT2D eigenvalue weighted by Gasteiger charge is 2.25. The maximum atomic E-state index is 6.54. The van der Waals surface area contributed by atoms with Gasteiger partial charge in [0.1, 0.15) is 11.5 Å². The van der Waals surface area contributed by atoms with E-state index in [-0.39, 0.29) is 5.41 Å². The Morgan fingerprint density at radius 3 is 2.00 bits per heavy atom. The van der Waals surface area contributed by atoms with Crippen molar-refractivity contribution in [3.8, 4) is 11.5 Å². The zero-order chi connectivity index (χ0) is 24.0. The third-order valence-electron chi connectivity index (χ3n) is 7.17. The maximum absolute atomic E-state index is 6.54. The minimum atomic E-state index is 0.0652. The summed E-state index contributed by atoms with van der Waals surface area (Å²) in [5, 5.41) is 0. The predicted molar refractivity (Wildman–Crippen MR) is 141 cm³/mol. The molecule has 1 aromatic carbocycles. The largest absolute Gasteiger partial charge is 0.493 e. The molecule has 0 bridgehead atoms. The Morgan fingerprint density at radius 2 is 1.41 bits per heavy atom. The van der Waals surface area contributed by atoms with Crippen LogP contribution < -0.4 is 9.47 Å². The summed E-state index contributed by atoms with van der Waals surface area (Å²) in [5.41, 5.74) is 2.69. The molecular formula is C30H54O2. The number of hydrogen-bond donors (Lipinski definition) is 0. The first kappa shape index (κ1) is 28.9. The zero-order valence-corrected chi connectivity index (χ0v) is 22.8. The van der Waals surface area contributed by atoms with E-state index in [0.29, 0.717) is 11.8 Å². The van der Waals surface area contributed by atoms with Crippen LogP contribution in [0, 0.1) is 11.8 Å². The van der Waals surface area contributed by atoms with Gasteiger partial charge in [0.25, 0.3) is 0 Å². The fourth-order valence-corrected chi connectivity index (χ4v) is 4.11. The first-order chi connectivity index (χ1) is 15.3. The number of hydrogen-bond acceptors (Lipinski definition) is 2. The Hall–Kier alpha value is -1.18. The first-order valence-corrected chi connectivity index (χ1v) is 13.8. The van der Waals surface area contributed by atoms with E-state index in [0.717, 1.165) is 37.6 Å². The highest BCUT2D eigenvalue weighted by atomic mass is 16.5. The topological polar surface area (TPSA) is 18.5 Å². The molecule has 186 valence electrons. The fraction of sp³-hybridized carbons (Fsp3) is 0.800. The molecule has 0 aromatic heterocycles. The summed E-state index contributed by atoms with van der Waals surface area (Å²) >= 11 is 0. The van der Waals surface area contributed by atoms with Crippen molar-refractivity contribution in [2.75, 3.05) is 13.2 Å². The molecule has 1 rings (SSSR count). The molecule has 0 heterocycles. The summed E-state index contributed by atoms with van der Waals surface area (Å²) in [4.78, 5) is 0. The molecule has 1 aromatic rings. The Bertz CT molecular complexity index is 620. The quantitative estimate of drug-likeness (QED) is 0.223. The average molecular weight is 447 g/mol. The molecule has 0 aliphatic heterocycles. The molecule has 0 fully saturated rings. The minimum absolute atomic E-state index is 0.0652. The van der Waals surface area contributed by atoms with E-state index in [1.165, 1.54) is 68.9 Å². The summed E-state index contributed by atoms with van der Waals surface area (Å²) in [6, 6.07) is 4.64. The van der Waals surface area contributed by atoms with Crippen molar-refractivity contribution in [2.24, 2.45) is 11.8 Å². The van der Waals surface area contributed by atoms with Crippen LogP contribution in [-0.2, 0) is 11.8 Å². The van der Waals surface area contributed by atoms with Crippen LogP contribution in [0.2, 0.25) is 0 Å². The van der Waals surface area contributed by atoms with E-state index in [2.05, 4.69) is 67.5 Å². The van der Waals surface area contributed by atoms with Gasteiger partial charge in [0, 0.05) is 5.56 Å². The normalized spacial score (nSPS) is 13.8. The van der Waals surface area contributed by atoms with Gasteiger partial charge in [-0.3, -0.25) is 0 Å². The second-order valence-corrected chi connectivity index (χ2v) is 10.6. The van der Waals surface area contributed by atoms with Crippen LogP contribution in [0.3, 0.4) is 0 Å². The lowest BCUT2D eigenvalue weighted by Crippen LogP contribution is -2.20. The molecule has 0 spiro atoms. The molecular weight excluding hydrogens is 392 g/mol. The Labute approximate surface area is 200 Å². The average Bonchev–Trinajstić information content (AvgIpc) is 2.80. The van der Waals surface area contributed by atoms with Crippen LogP contribution in [0.25, 0.3) is 0 Å². The molecule has 0 saturated carbocycles. The first-order valence-electron chi connectivity index (χ1n) is 13.8. The van der Waals surface area contributed by atoms with E-state index in [4.69, 9.17) is 9.47 Å². The van der Waals surface area contributed by atoms with Crippen LogP contribution in [0.15, 0.2) is 12.1 Å². The van der Waals surface area contributed by atoms with Crippen molar-refractivity contribution in [2.45, 2.75) is 131 Å². The molecule has 0 radical (unpaired) electrons. The number of unbranched alkanes of at least 4 members (excludes halogenated alkanes) is 3. The van der Waals surface area contributed by atoms with Gasteiger partial charge in [-0.1, -0.05) is 93.9 Å². The second kappa shape index (κ2) is 15.6. The summed E-state index contributed by atoms with van der Waals surface area (Å²) in [5.74, 6) is 3.41. The van der Waals surface area contributed by atoms with Crippen molar-refractivity contribution in [3.05, 3.63) is 23.3 Å². The van der Waals surface area contributed by atoms with Gasteiger partial charge in [0.05, 0.1) is 13.2 Å². The van der Waals surface area contributed by atoms with E-state index in [1.54, 1.807) is 0 Å². The monoisotopic (exact) mass is 446 g/mol. The van der Waals surface area contributed by atoms with E-state index < -0.39 is 0 Å². The van der Waals surface area contributed by atoms with Gasteiger partial charge in [0.15, 0.2) is 0 Å². The van der Waals surface area contributed by atoms with Gasteiger partial charge >= 0.3 is 0 Å². The summed E-state index contributed by atoms with van der Waals surface area (Å²) in [6.45, 7) is 20.0. The van der Waals surface area contributed by atoms with Gasteiger partial charge in [-0.25, -0.2) is 0 Å². The van der Waals surface area contributed by atoms with E-state index >= 15 is 0 Å². The summed E-state index contributed by atoms with van der Waals surface area (Å²) in [6.07, 6.45) is 13.3. The third-order valence-corrected chi connectivity index (χ3v) is 7.17. The van der Waals surface area contributed by atoms with Gasteiger partial charge in [-0.15, -0.1) is 0 Å². The van der Waals surface area contributed by atoms with Crippen LogP contribution >= 0.6 is 0 Å². The maximum Gasteiger partial charge on any atom is 0.123 e. The predicted octanol–water partition coefficient (Wildman–Crippen LogP) is 9.52. The lowest BCUT2D eigenvalue weighted by molar-refractivity contribution is 0.227. The minimum Gasteiger partial charge on any atom is -0.493 e. The third kappa shape index (κ3) is 9.75. The highest BCUT2D eigenvalue weighted by Crippen LogP contribution is 2.40. The molecule has 2 unspecified atom stereocenters. The van der Waals surface area contributed by atoms with Gasteiger partial charge in [-0.05, 0) is 67.1 Å². The molecule has 32 heavy (non-hydrogen) atoms. The van der Waals surface area contributed by atoms with Gasteiger partial charge in [-0.2, -0.15) is 0 Å². The van der Waals surface area contributed by atoms with Crippen molar-refractivity contribution in [1.82, 2.24) is 0 Å². The highest BCUT2D eigenvalue weighted by molar-refractivity contribution is 5.49. The second-order valence-electron chi connectivity index (χ2n) is 10.6. The van der Waals surface area contributed by atoms with Crippen LogP contribution in [-0.4, -0.2) is 13.2 Å². The SMILES string of the molecule is CCCCc1cc(OCC(C)CCCC)c(C(C)(C)CC)cc1OCC(CC)CCCC. The zero-order valence-electron chi connectivity index (χ0n) is 22.8. The fourth-order valence-electron chi connectivity index (χ4n) is 4.11. The lowest BCUT2D eigenvalue weighted by atomic mass is 9.80. The van der Waals surface area contributed by atoms with Crippen molar-refractivity contribution < 1.29 is 9.47 Å². The number of ether oxygens (including phenoxy) is 2. The van der Waals surface area contributed by atoms with Crippen molar-refractivity contribution in [3.63, 3.8) is 0 Å². The Balaban J connectivity index is 3.19. The van der Waals surface area contributed by atoms with Crippen LogP contribution in [0.4, 0.5) is 0 Å². The number of benzene rings is 1. The van der Waals surface area contributed by atoms with Gasteiger partial charge in [0.2, 0.25) is 0 Å². The molecule has 2 nitrogen and oxygen atoms in total. The standard InChI is InChI=1S/C30H54O2/c1-9-14-17-24(6)22-31-29-20-26(19-16-11-3)28(21-27(29)30(7,8)13-5)32-23-25(12-4)18-15-10-2/h20-21,24-25H,9-19,22-23H2,1-8H3. The Kier molecular flexibility index (Phi) is 14.1. The smallest absolute Gasteiger partial charge is 0.123 e. The molecule has 0 saturated heterocycles.